The molecule has 246 valence electrons. The van der Waals surface area contributed by atoms with Crippen LogP contribution in [0.4, 0.5) is 0 Å². The molecule has 0 aliphatic rings. The predicted octanol–water partition coefficient (Wildman–Crippen LogP) is 13.8. The molecule has 9 aromatic carbocycles. The van der Waals surface area contributed by atoms with E-state index >= 15 is 0 Å². The first-order valence-electron chi connectivity index (χ1n) is 18.2. The Morgan fingerprint density at radius 1 is 0.321 bits per heavy atom. The Morgan fingerprint density at radius 3 is 1.64 bits per heavy atom. The Labute approximate surface area is 306 Å². The van der Waals surface area contributed by atoms with E-state index in [2.05, 4.69) is 199 Å². The minimum absolute atomic E-state index is 1.01. The minimum atomic E-state index is 1.01. The van der Waals surface area contributed by atoms with Crippen molar-refractivity contribution in [1.82, 2.24) is 9.55 Å². The largest absolute Gasteiger partial charge is 0.309 e. The molecule has 0 fully saturated rings. The predicted molar refractivity (Wildman–Crippen MR) is 225 cm³/mol. The van der Waals surface area contributed by atoms with Crippen LogP contribution in [0, 0.1) is 0 Å². The highest BCUT2D eigenvalue weighted by molar-refractivity contribution is 6.29. The Morgan fingerprint density at radius 2 is 0.887 bits per heavy atom. The lowest BCUT2D eigenvalue weighted by molar-refractivity contribution is 1.18. The normalized spacial score (nSPS) is 11.8. The zero-order chi connectivity index (χ0) is 34.9. The van der Waals surface area contributed by atoms with Gasteiger partial charge in [-0.1, -0.05) is 146 Å². The summed E-state index contributed by atoms with van der Waals surface area (Å²) in [6.07, 6.45) is 0. The van der Waals surface area contributed by atoms with Gasteiger partial charge in [-0.3, -0.25) is 0 Å². The van der Waals surface area contributed by atoms with Gasteiger partial charge < -0.3 is 4.57 Å². The van der Waals surface area contributed by atoms with Crippen molar-refractivity contribution in [2.24, 2.45) is 0 Å². The number of hydrogen-bond donors (Lipinski definition) is 0. The zero-order valence-electron chi connectivity index (χ0n) is 28.9. The van der Waals surface area contributed by atoms with Crippen molar-refractivity contribution in [3.63, 3.8) is 0 Å². The first-order chi connectivity index (χ1) is 26.3. The van der Waals surface area contributed by atoms with Gasteiger partial charge in [-0.05, 0) is 92.3 Å². The van der Waals surface area contributed by atoms with Gasteiger partial charge in [0.05, 0.1) is 22.2 Å². The molecule has 2 heterocycles. The summed E-state index contributed by atoms with van der Waals surface area (Å²) in [7, 11) is 0. The summed E-state index contributed by atoms with van der Waals surface area (Å²) >= 11 is 0. The molecule has 0 radical (unpaired) electrons. The van der Waals surface area contributed by atoms with Gasteiger partial charge in [0.25, 0.3) is 0 Å². The number of pyridine rings is 1. The van der Waals surface area contributed by atoms with Crippen LogP contribution in [-0.4, -0.2) is 9.55 Å². The van der Waals surface area contributed by atoms with Crippen LogP contribution in [0.2, 0.25) is 0 Å². The number of hydrogen-bond acceptors (Lipinski definition) is 1. The first-order valence-corrected chi connectivity index (χ1v) is 18.2. The lowest BCUT2D eigenvalue weighted by atomic mass is 9.96. The van der Waals surface area contributed by atoms with Crippen molar-refractivity contribution < 1.29 is 0 Å². The highest BCUT2D eigenvalue weighted by Crippen LogP contribution is 2.42. The van der Waals surface area contributed by atoms with E-state index in [1.54, 1.807) is 0 Å². The number of nitrogens with zero attached hydrogens (tertiary/aromatic N) is 2. The molecule has 11 aromatic rings. The lowest BCUT2D eigenvalue weighted by Gasteiger charge is -2.13. The SMILES string of the molecule is c1ccc(-c2nc3ccccc3c3c2ccc2c3c3ccccc3n2-c2ccc(-c3ccc4cc(-c5ccc6ccccc6c5)ccc4c3)cc2)cc1. The van der Waals surface area contributed by atoms with Gasteiger partial charge in [-0.2, -0.15) is 0 Å². The third-order valence-corrected chi connectivity index (χ3v) is 10.9. The van der Waals surface area contributed by atoms with Gasteiger partial charge in [-0.25, -0.2) is 4.98 Å². The average molecular weight is 673 g/mol. The standard InChI is InChI=1S/C51H32N2/c1-2-11-35(12-3-1)51-45-28-29-48-50(49(45)43-14-6-8-16-46(43)52-51)44-15-7-9-17-47(44)53(48)42-26-24-34(25-27-42)37-20-21-40-32-41(23-22-39(40)31-37)38-19-18-33-10-4-5-13-36(33)30-38/h1-32H. The summed E-state index contributed by atoms with van der Waals surface area (Å²) < 4.78 is 2.42. The third-order valence-electron chi connectivity index (χ3n) is 10.9. The summed E-state index contributed by atoms with van der Waals surface area (Å²) in [5.74, 6) is 0. The van der Waals surface area contributed by atoms with E-state index in [1.165, 1.54) is 81.8 Å². The van der Waals surface area contributed by atoms with Crippen molar-refractivity contribution in [1.29, 1.82) is 0 Å². The molecule has 0 saturated carbocycles. The zero-order valence-corrected chi connectivity index (χ0v) is 28.9. The van der Waals surface area contributed by atoms with E-state index in [0.717, 1.165) is 22.5 Å². The third kappa shape index (κ3) is 4.77. The molecule has 11 rings (SSSR count). The molecular formula is C51H32N2. The molecule has 2 nitrogen and oxygen atoms in total. The van der Waals surface area contributed by atoms with Crippen LogP contribution in [-0.2, 0) is 0 Å². The molecule has 0 saturated heterocycles. The molecule has 0 atom stereocenters. The number of para-hydroxylation sites is 2. The van der Waals surface area contributed by atoms with Crippen LogP contribution in [0.25, 0.3) is 104 Å². The molecule has 0 aliphatic heterocycles. The monoisotopic (exact) mass is 672 g/mol. The molecule has 0 N–H and O–H groups in total. The Kier molecular flexibility index (Phi) is 6.59. The number of fused-ring (bicyclic) bond motifs is 9. The smallest absolute Gasteiger partial charge is 0.0788 e. The van der Waals surface area contributed by atoms with Gasteiger partial charge in [-0.15, -0.1) is 0 Å². The Hall–Kier alpha value is -7.03. The number of rotatable bonds is 4. The molecule has 0 amide bonds. The second-order valence-electron chi connectivity index (χ2n) is 14.0. The summed E-state index contributed by atoms with van der Waals surface area (Å²) in [6, 6.07) is 70.4. The van der Waals surface area contributed by atoms with Crippen LogP contribution in [0.3, 0.4) is 0 Å². The van der Waals surface area contributed by atoms with Gasteiger partial charge in [0, 0.05) is 38.2 Å². The van der Waals surface area contributed by atoms with Crippen molar-refractivity contribution >= 4 is 65.0 Å². The molecule has 0 bridgehead atoms. The van der Waals surface area contributed by atoms with Crippen molar-refractivity contribution in [2.75, 3.05) is 0 Å². The highest BCUT2D eigenvalue weighted by Gasteiger charge is 2.19. The average Bonchev–Trinajstić information content (AvgIpc) is 3.57. The quantitative estimate of drug-likeness (QED) is 0.170. The second-order valence-corrected chi connectivity index (χ2v) is 14.0. The Balaban J connectivity index is 1.02. The minimum Gasteiger partial charge on any atom is -0.309 e. The molecule has 2 heteroatoms. The molecular weight excluding hydrogens is 641 g/mol. The maximum atomic E-state index is 5.20. The molecule has 0 spiro atoms. The fourth-order valence-corrected chi connectivity index (χ4v) is 8.37. The molecule has 0 unspecified atom stereocenters. The maximum absolute atomic E-state index is 5.20. The van der Waals surface area contributed by atoms with Crippen LogP contribution in [0.5, 0.6) is 0 Å². The second kappa shape index (κ2) is 11.8. The van der Waals surface area contributed by atoms with Crippen LogP contribution < -0.4 is 0 Å². The summed E-state index contributed by atoms with van der Waals surface area (Å²) in [6.45, 7) is 0. The fraction of sp³-hybridized carbons (Fsp3) is 0. The van der Waals surface area contributed by atoms with E-state index in [1.807, 2.05) is 0 Å². The van der Waals surface area contributed by atoms with Crippen LogP contribution in [0.1, 0.15) is 0 Å². The van der Waals surface area contributed by atoms with E-state index in [0.29, 0.717) is 0 Å². The molecule has 2 aromatic heterocycles. The molecule has 53 heavy (non-hydrogen) atoms. The van der Waals surface area contributed by atoms with Crippen LogP contribution >= 0.6 is 0 Å². The number of aromatic nitrogens is 2. The Bertz CT molecular complexity index is 3210. The van der Waals surface area contributed by atoms with Gasteiger partial charge in [0.2, 0.25) is 0 Å². The van der Waals surface area contributed by atoms with Crippen molar-refractivity contribution in [3.05, 3.63) is 194 Å². The fourth-order valence-electron chi connectivity index (χ4n) is 8.37. The van der Waals surface area contributed by atoms with Gasteiger partial charge >= 0.3 is 0 Å². The summed E-state index contributed by atoms with van der Waals surface area (Å²) in [4.78, 5) is 5.20. The van der Waals surface area contributed by atoms with E-state index < -0.39 is 0 Å². The number of benzene rings is 9. The van der Waals surface area contributed by atoms with Crippen molar-refractivity contribution in [2.45, 2.75) is 0 Å². The van der Waals surface area contributed by atoms with Crippen molar-refractivity contribution in [3.8, 4) is 39.2 Å². The van der Waals surface area contributed by atoms with Gasteiger partial charge in [0.15, 0.2) is 0 Å². The molecule has 0 aliphatic carbocycles. The topological polar surface area (TPSA) is 17.8 Å². The van der Waals surface area contributed by atoms with Crippen LogP contribution in [0.15, 0.2) is 194 Å². The van der Waals surface area contributed by atoms with E-state index in [-0.39, 0.29) is 0 Å². The lowest BCUT2D eigenvalue weighted by Crippen LogP contribution is -1.94. The van der Waals surface area contributed by atoms with E-state index in [9.17, 15) is 0 Å². The highest BCUT2D eigenvalue weighted by atomic mass is 15.0. The van der Waals surface area contributed by atoms with E-state index in [4.69, 9.17) is 4.98 Å². The summed E-state index contributed by atoms with van der Waals surface area (Å²) in [5, 5.41) is 11.1. The first kappa shape index (κ1) is 29.7. The van der Waals surface area contributed by atoms with Gasteiger partial charge in [0.1, 0.15) is 0 Å². The maximum Gasteiger partial charge on any atom is 0.0788 e. The summed E-state index contributed by atoms with van der Waals surface area (Å²) in [5.41, 5.74) is 11.6.